The highest BCUT2D eigenvalue weighted by atomic mass is 19.1. The Hall–Kier alpha value is -2.40. The summed E-state index contributed by atoms with van der Waals surface area (Å²) in [4.78, 5) is 12.7. The highest BCUT2D eigenvalue weighted by molar-refractivity contribution is 5.56. The van der Waals surface area contributed by atoms with Gasteiger partial charge in [0.2, 0.25) is 0 Å². The van der Waals surface area contributed by atoms with Gasteiger partial charge in [-0.05, 0) is 24.9 Å². The fourth-order valence-corrected chi connectivity index (χ4v) is 1.39. The zero-order chi connectivity index (χ0) is 13.5. The lowest BCUT2D eigenvalue weighted by Gasteiger charge is -2.01. The molecular weight excluding hydrogens is 239 g/mol. The van der Waals surface area contributed by atoms with Gasteiger partial charge in [0.05, 0.1) is 4.92 Å². The van der Waals surface area contributed by atoms with Crippen LogP contribution in [0.5, 0.6) is 0 Å². The monoisotopic (exact) mass is 250 g/mol. The summed E-state index contributed by atoms with van der Waals surface area (Å²) in [6.45, 7) is 1.75. The van der Waals surface area contributed by atoms with Crippen molar-refractivity contribution in [3.05, 3.63) is 55.7 Å². The van der Waals surface area contributed by atoms with Gasteiger partial charge in [0, 0.05) is 28.6 Å². The highest BCUT2D eigenvalue weighted by Gasteiger charge is 2.13. The van der Waals surface area contributed by atoms with Crippen molar-refractivity contribution in [2.75, 3.05) is 6.54 Å². The zero-order valence-corrected chi connectivity index (χ0v) is 9.71. The Bertz CT molecular complexity index is 536. The molecule has 94 valence electrons. The topological polar surface area (TPSA) is 91.9 Å². The summed E-state index contributed by atoms with van der Waals surface area (Å²) >= 11 is 0. The summed E-state index contributed by atoms with van der Waals surface area (Å²) < 4.78 is 13.5. The number of azide groups is 1. The number of aryl methyl sites for hydroxylation is 1. The maximum absolute atomic E-state index is 13.5. The molecule has 0 aliphatic rings. The molecule has 0 aliphatic heterocycles. The number of nitrogens with zero attached hydrogens (tertiary/aromatic N) is 4. The first-order valence-electron chi connectivity index (χ1n) is 5.18. The number of rotatable bonds is 5. The first-order chi connectivity index (χ1) is 8.56. The molecule has 0 spiro atoms. The summed E-state index contributed by atoms with van der Waals surface area (Å²) in [5.74, 6) is -0.516. The molecule has 0 N–H and O–H groups in total. The van der Waals surface area contributed by atoms with Crippen LogP contribution in [0.2, 0.25) is 0 Å². The molecule has 0 aliphatic carbocycles. The third-order valence-electron chi connectivity index (χ3n) is 2.27. The maximum Gasteiger partial charge on any atom is 0.273 e. The molecule has 7 heteroatoms. The van der Waals surface area contributed by atoms with Gasteiger partial charge in [0.25, 0.3) is 5.69 Å². The third kappa shape index (κ3) is 3.57. The summed E-state index contributed by atoms with van der Waals surface area (Å²) in [5, 5.41) is 14.0. The van der Waals surface area contributed by atoms with Gasteiger partial charge in [-0.2, -0.15) is 0 Å². The van der Waals surface area contributed by atoms with Crippen LogP contribution in [0.4, 0.5) is 10.1 Å². The molecule has 0 radical (unpaired) electrons. The summed E-state index contributed by atoms with van der Waals surface area (Å²) in [7, 11) is 0. The van der Waals surface area contributed by atoms with Crippen molar-refractivity contribution < 1.29 is 9.31 Å². The van der Waals surface area contributed by atoms with E-state index in [2.05, 4.69) is 10.0 Å². The second-order valence-corrected chi connectivity index (χ2v) is 3.56. The molecule has 1 aromatic rings. The minimum absolute atomic E-state index is 0.119. The number of halogens is 1. The van der Waals surface area contributed by atoms with E-state index in [9.17, 15) is 14.5 Å². The Kier molecular flexibility index (Phi) is 4.83. The van der Waals surface area contributed by atoms with Crippen LogP contribution in [0.3, 0.4) is 0 Å². The predicted octanol–water partition coefficient (Wildman–Crippen LogP) is 3.76. The summed E-state index contributed by atoms with van der Waals surface area (Å²) in [6.07, 6.45) is 3.49. The summed E-state index contributed by atoms with van der Waals surface area (Å²) in [5.41, 5.74) is 8.36. The van der Waals surface area contributed by atoms with E-state index < -0.39 is 10.7 Å². The Balaban J connectivity index is 2.91. The van der Waals surface area contributed by atoms with Crippen molar-refractivity contribution in [3.63, 3.8) is 0 Å². The second kappa shape index (κ2) is 6.36. The molecule has 0 amide bonds. The maximum atomic E-state index is 13.5. The van der Waals surface area contributed by atoms with Crippen LogP contribution in [0, 0.1) is 22.9 Å². The molecule has 18 heavy (non-hydrogen) atoms. The third-order valence-corrected chi connectivity index (χ3v) is 2.27. The Morgan fingerprint density at radius 3 is 2.94 bits per heavy atom. The Morgan fingerprint density at radius 1 is 1.61 bits per heavy atom. The zero-order valence-electron chi connectivity index (χ0n) is 9.71. The lowest BCUT2D eigenvalue weighted by Crippen LogP contribution is -1.94. The summed E-state index contributed by atoms with van der Waals surface area (Å²) in [6, 6.07) is 2.32. The van der Waals surface area contributed by atoms with E-state index in [0.717, 1.165) is 6.07 Å². The number of nitro benzene ring substituents is 1. The minimum Gasteiger partial charge on any atom is -0.258 e. The molecule has 0 atom stereocenters. The van der Waals surface area contributed by atoms with E-state index in [-0.39, 0.29) is 23.4 Å². The van der Waals surface area contributed by atoms with Crippen molar-refractivity contribution in [2.45, 2.75) is 13.3 Å². The number of hydrogen-bond donors (Lipinski definition) is 0. The van der Waals surface area contributed by atoms with Gasteiger partial charge in [-0.25, -0.2) is 4.39 Å². The molecule has 0 saturated heterocycles. The highest BCUT2D eigenvalue weighted by Crippen LogP contribution is 2.23. The molecular formula is C11H11FN4O2. The number of hydrogen-bond acceptors (Lipinski definition) is 3. The van der Waals surface area contributed by atoms with Gasteiger partial charge in [-0.3, -0.25) is 10.1 Å². The Morgan fingerprint density at radius 2 is 2.33 bits per heavy atom. The SMILES string of the molecule is Cc1cc(F)c(C=CCCN=[N+]=[N-])cc1[N+](=O)[O-]. The first-order valence-corrected chi connectivity index (χ1v) is 5.18. The quantitative estimate of drug-likeness (QED) is 0.199. The average molecular weight is 250 g/mol. The van der Waals surface area contributed by atoms with Crippen LogP contribution in [0.1, 0.15) is 17.5 Å². The van der Waals surface area contributed by atoms with Gasteiger partial charge in [0.15, 0.2) is 0 Å². The van der Waals surface area contributed by atoms with E-state index >= 15 is 0 Å². The molecule has 1 rings (SSSR count). The molecule has 6 nitrogen and oxygen atoms in total. The molecule has 0 aromatic heterocycles. The van der Waals surface area contributed by atoms with Gasteiger partial charge in [-0.15, -0.1) is 0 Å². The van der Waals surface area contributed by atoms with E-state index in [4.69, 9.17) is 5.53 Å². The van der Waals surface area contributed by atoms with E-state index in [0.29, 0.717) is 6.42 Å². The van der Waals surface area contributed by atoms with E-state index in [1.165, 1.54) is 19.1 Å². The minimum atomic E-state index is -0.550. The smallest absolute Gasteiger partial charge is 0.258 e. The van der Waals surface area contributed by atoms with Crippen LogP contribution >= 0.6 is 0 Å². The molecule has 0 fully saturated rings. The second-order valence-electron chi connectivity index (χ2n) is 3.56. The van der Waals surface area contributed by atoms with Crippen LogP contribution in [-0.4, -0.2) is 11.5 Å². The van der Waals surface area contributed by atoms with Crippen LogP contribution in [0.25, 0.3) is 16.5 Å². The first kappa shape index (κ1) is 13.7. The van der Waals surface area contributed by atoms with Crippen molar-refractivity contribution in [1.82, 2.24) is 0 Å². The van der Waals surface area contributed by atoms with Gasteiger partial charge < -0.3 is 0 Å². The van der Waals surface area contributed by atoms with E-state index in [1.807, 2.05) is 0 Å². The van der Waals surface area contributed by atoms with E-state index in [1.54, 1.807) is 6.08 Å². The lowest BCUT2D eigenvalue weighted by atomic mass is 10.1. The molecule has 0 saturated carbocycles. The van der Waals surface area contributed by atoms with Crippen LogP contribution in [-0.2, 0) is 0 Å². The van der Waals surface area contributed by atoms with Crippen LogP contribution < -0.4 is 0 Å². The fraction of sp³-hybridized carbons (Fsp3) is 0.273. The molecule has 0 bridgehead atoms. The van der Waals surface area contributed by atoms with Crippen molar-refractivity contribution in [1.29, 1.82) is 0 Å². The normalized spacial score (nSPS) is 10.3. The van der Waals surface area contributed by atoms with Gasteiger partial charge >= 0.3 is 0 Å². The molecule has 1 aromatic carbocycles. The van der Waals surface area contributed by atoms with Crippen molar-refractivity contribution in [2.24, 2.45) is 5.11 Å². The van der Waals surface area contributed by atoms with Crippen LogP contribution in [0.15, 0.2) is 23.3 Å². The fourth-order valence-electron chi connectivity index (χ4n) is 1.39. The number of nitro groups is 1. The van der Waals surface area contributed by atoms with Gasteiger partial charge in [0.1, 0.15) is 5.82 Å². The standard InChI is InChI=1S/C11H11FN4O2/c1-8-6-10(12)9(7-11(8)16(17)18)4-2-3-5-14-15-13/h2,4,6-7H,3,5H2,1H3. The van der Waals surface area contributed by atoms with Crippen molar-refractivity contribution in [3.8, 4) is 0 Å². The molecule has 0 unspecified atom stereocenters. The average Bonchev–Trinajstić information content (AvgIpc) is 2.30. The van der Waals surface area contributed by atoms with Gasteiger partial charge in [-0.1, -0.05) is 17.3 Å². The van der Waals surface area contributed by atoms with Crippen molar-refractivity contribution >= 4 is 11.8 Å². The molecule has 0 heterocycles. The largest absolute Gasteiger partial charge is 0.273 e. The number of benzene rings is 1. The lowest BCUT2D eigenvalue weighted by molar-refractivity contribution is -0.385. The predicted molar refractivity (Wildman–Crippen MR) is 65.5 cm³/mol. The Labute approximate surface area is 103 Å².